The fourth-order valence-corrected chi connectivity index (χ4v) is 4.56. The van der Waals surface area contributed by atoms with E-state index in [-0.39, 0.29) is 24.0 Å². The van der Waals surface area contributed by atoms with Gasteiger partial charge in [-0.1, -0.05) is 30.3 Å². The minimum atomic E-state index is -0.628. The van der Waals surface area contributed by atoms with Gasteiger partial charge in [0.1, 0.15) is 6.04 Å². The van der Waals surface area contributed by atoms with E-state index in [9.17, 15) is 19.7 Å². The smallest absolute Gasteiger partial charge is 0.269 e. The molecule has 1 N–H and O–H groups in total. The van der Waals surface area contributed by atoms with E-state index in [4.69, 9.17) is 0 Å². The van der Waals surface area contributed by atoms with Crippen molar-refractivity contribution in [2.45, 2.75) is 18.5 Å². The standard InChI is InChI=1S/C21H18N4O4/c1-23-11-18(26)24-17(21(23)27)10-15-14-7-2-3-8-16(14)22-19(15)20(24)12-5-4-6-13(9-12)25(28)29/h2-9,17,20,22H,10-11H2,1H3/t17-,20+/m0/s1. The second kappa shape index (κ2) is 6.16. The highest BCUT2D eigenvalue weighted by Gasteiger charge is 2.47. The Balaban J connectivity index is 1.76. The van der Waals surface area contributed by atoms with Crippen LogP contribution < -0.4 is 0 Å². The number of nitrogens with zero attached hydrogens (tertiary/aromatic N) is 3. The average Bonchev–Trinajstić information content (AvgIpc) is 3.09. The van der Waals surface area contributed by atoms with Crippen LogP contribution in [0.2, 0.25) is 0 Å². The van der Waals surface area contributed by atoms with Crippen LogP contribution in [-0.4, -0.2) is 51.2 Å². The van der Waals surface area contributed by atoms with Crippen molar-refractivity contribution < 1.29 is 14.5 Å². The van der Waals surface area contributed by atoms with Crippen LogP contribution in [0.4, 0.5) is 5.69 Å². The Labute approximate surface area is 165 Å². The Kier molecular flexibility index (Phi) is 3.70. The van der Waals surface area contributed by atoms with Crippen LogP contribution >= 0.6 is 0 Å². The Hall–Kier alpha value is -3.68. The lowest BCUT2D eigenvalue weighted by atomic mass is 9.86. The van der Waals surface area contributed by atoms with E-state index in [0.717, 1.165) is 22.2 Å². The molecule has 8 heteroatoms. The number of carbonyl (C=O) groups excluding carboxylic acids is 2. The molecule has 0 bridgehead atoms. The van der Waals surface area contributed by atoms with Crippen LogP contribution in [0, 0.1) is 10.1 Å². The molecule has 2 aliphatic rings. The summed E-state index contributed by atoms with van der Waals surface area (Å²) in [5.74, 6) is -0.283. The summed E-state index contributed by atoms with van der Waals surface area (Å²) >= 11 is 0. The second-order valence-electron chi connectivity index (χ2n) is 7.53. The number of nitrogens with one attached hydrogen (secondary N) is 1. The molecule has 1 saturated heterocycles. The molecule has 0 unspecified atom stereocenters. The number of para-hydroxylation sites is 1. The molecule has 0 aliphatic carbocycles. The predicted molar refractivity (Wildman–Crippen MR) is 105 cm³/mol. The number of H-pyrrole nitrogens is 1. The number of fused-ring (bicyclic) bond motifs is 4. The molecule has 2 amide bonds. The fourth-order valence-electron chi connectivity index (χ4n) is 4.56. The first-order valence-corrected chi connectivity index (χ1v) is 9.35. The topological polar surface area (TPSA) is 99.5 Å². The van der Waals surface area contributed by atoms with Crippen molar-refractivity contribution >= 4 is 28.4 Å². The summed E-state index contributed by atoms with van der Waals surface area (Å²) in [7, 11) is 1.63. The summed E-state index contributed by atoms with van der Waals surface area (Å²) in [4.78, 5) is 43.3. The number of carbonyl (C=O) groups is 2. The molecule has 2 atom stereocenters. The van der Waals surface area contributed by atoms with Gasteiger partial charge < -0.3 is 14.8 Å². The van der Waals surface area contributed by atoms with Gasteiger partial charge in [0.2, 0.25) is 11.8 Å². The maximum atomic E-state index is 13.0. The molecule has 0 saturated carbocycles. The zero-order valence-corrected chi connectivity index (χ0v) is 15.7. The van der Waals surface area contributed by atoms with E-state index in [1.807, 2.05) is 24.3 Å². The largest absolute Gasteiger partial charge is 0.356 e. The monoisotopic (exact) mass is 390 g/mol. The van der Waals surface area contributed by atoms with Crippen LogP contribution in [-0.2, 0) is 16.0 Å². The lowest BCUT2D eigenvalue weighted by Crippen LogP contribution is -2.62. The molecule has 5 rings (SSSR count). The lowest BCUT2D eigenvalue weighted by molar-refractivity contribution is -0.384. The van der Waals surface area contributed by atoms with E-state index in [1.54, 1.807) is 24.1 Å². The Morgan fingerprint density at radius 1 is 1.14 bits per heavy atom. The van der Waals surface area contributed by atoms with E-state index >= 15 is 0 Å². The van der Waals surface area contributed by atoms with Crippen molar-refractivity contribution in [1.29, 1.82) is 0 Å². The predicted octanol–water partition coefficient (Wildman–Crippen LogP) is 2.39. The van der Waals surface area contributed by atoms with Crippen molar-refractivity contribution in [3.63, 3.8) is 0 Å². The molecule has 8 nitrogen and oxygen atoms in total. The van der Waals surface area contributed by atoms with Gasteiger partial charge in [-0.15, -0.1) is 0 Å². The van der Waals surface area contributed by atoms with E-state index in [0.29, 0.717) is 12.0 Å². The Morgan fingerprint density at radius 2 is 1.93 bits per heavy atom. The molecule has 0 radical (unpaired) electrons. The summed E-state index contributed by atoms with van der Waals surface area (Å²) < 4.78 is 0. The van der Waals surface area contributed by atoms with Crippen LogP contribution in [0.15, 0.2) is 48.5 Å². The highest BCUT2D eigenvalue weighted by atomic mass is 16.6. The first kappa shape index (κ1) is 17.4. The number of amides is 2. The minimum Gasteiger partial charge on any atom is -0.356 e. The average molecular weight is 390 g/mol. The molecule has 1 aromatic heterocycles. The first-order chi connectivity index (χ1) is 14.0. The summed E-state index contributed by atoms with van der Waals surface area (Å²) in [6.07, 6.45) is 0.416. The zero-order chi connectivity index (χ0) is 20.3. The molecular formula is C21H18N4O4. The number of hydrogen-bond acceptors (Lipinski definition) is 4. The first-order valence-electron chi connectivity index (χ1n) is 9.35. The van der Waals surface area contributed by atoms with Gasteiger partial charge in [0.25, 0.3) is 5.69 Å². The maximum Gasteiger partial charge on any atom is 0.269 e. The third-order valence-electron chi connectivity index (χ3n) is 5.85. The quantitative estimate of drug-likeness (QED) is 0.536. The van der Waals surface area contributed by atoms with Crippen molar-refractivity contribution in [3.05, 3.63) is 75.5 Å². The van der Waals surface area contributed by atoms with Gasteiger partial charge in [0, 0.05) is 42.2 Å². The van der Waals surface area contributed by atoms with Gasteiger partial charge >= 0.3 is 0 Å². The third-order valence-corrected chi connectivity index (χ3v) is 5.85. The van der Waals surface area contributed by atoms with E-state index in [1.165, 1.54) is 17.0 Å². The Morgan fingerprint density at radius 3 is 2.72 bits per heavy atom. The molecule has 29 heavy (non-hydrogen) atoms. The highest BCUT2D eigenvalue weighted by Crippen LogP contribution is 2.42. The number of aromatic amines is 1. The highest BCUT2D eigenvalue weighted by molar-refractivity contribution is 5.97. The van der Waals surface area contributed by atoms with Crippen LogP contribution in [0.25, 0.3) is 10.9 Å². The molecule has 2 aliphatic heterocycles. The maximum absolute atomic E-state index is 13.0. The van der Waals surface area contributed by atoms with Crippen LogP contribution in [0.5, 0.6) is 0 Å². The Bertz CT molecular complexity index is 1180. The van der Waals surface area contributed by atoms with Gasteiger partial charge in [0.15, 0.2) is 0 Å². The van der Waals surface area contributed by atoms with Crippen LogP contribution in [0.3, 0.4) is 0 Å². The number of aromatic nitrogens is 1. The summed E-state index contributed by atoms with van der Waals surface area (Å²) in [5, 5.41) is 12.3. The summed E-state index contributed by atoms with van der Waals surface area (Å²) in [6.45, 7) is -0.00365. The van der Waals surface area contributed by atoms with Gasteiger partial charge in [-0.25, -0.2) is 0 Å². The summed E-state index contributed by atoms with van der Waals surface area (Å²) in [6, 6.07) is 12.9. The molecular weight excluding hydrogens is 372 g/mol. The number of likely N-dealkylation sites (N-methyl/N-ethyl adjacent to an activating group) is 1. The number of nitro benzene ring substituents is 1. The van der Waals surface area contributed by atoms with Crippen LogP contribution in [0.1, 0.15) is 22.9 Å². The number of non-ortho nitro benzene ring substituents is 1. The number of hydrogen-bond donors (Lipinski definition) is 1. The second-order valence-corrected chi connectivity index (χ2v) is 7.53. The zero-order valence-electron chi connectivity index (χ0n) is 15.7. The third kappa shape index (κ3) is 2.52. The lowest BCUT2D eigenvalue weighted by Gasteiger charge is -2.46. The molecule has 2 aromatic carbocycles. The summed E-state index contributed by atoms with van der Waals surface area (Å²) in [5.41, 5.74) is 3.28. The molecule has 0 spiro atoms. The van der Waals surface area contributed by atoms with Crippen molar-refractivity contribution in [2.75, 3.05) is 13.6 Å². The van der Waals surface area contributed by atoms with Gasteiger partial charge in [-0.2, -0.15) is 0 Å². The van der Waals surface area contributed by atoms with Crippen molar-refractivity contribution in [2.24, 2.45) is 0 Å². The normalized spacial score (nSPS) is 21.3. The molecule has 3 aromatic rings. The SMILES string of the molecule is CN1CC(=O)N2[C@H](c3cccc([N+](=O)[O-])c3)c3[nH]c4ccccc4c3C[C@H]2C1=O. The van der Waals surface area contributed by atoms with Gasteiger partial charge in [0.05, 0.1) is 17.5 Å². The molecule has 146 valence electrons. The number of rotatable bonds is 2. The van der Waals surface area contributed by atoms with Gasteiger partial charge in [-0.05, 0) is 17.2 Å². The van der Waals surface area contributed by atoms with Crippen molar-refractivity contribution in [1.82, 2.24) is 14.8 Å². The molecule has 1 fully saturated rings. The van der Waals surface area contributed by atoms with Gasteiger partial charge in [-0.3, -0.25) is 19.7 Å². The van der Waals surface area contributed by atoms with Crippen molar-refractivity contribution in [3.8, 4) is 0 Å². The fraction of sp³-hybridized carbons (Fsp3) is 0.238. The molecule has 3 heterocycles. The van der Waals surface area contributed by atoms with E-state index < -0.39 is 17.0 Å². The minimum absolute atomic E-state index is 0.00365. The number of benzene rings is 2. The van der Waals surface area contributed by atoms with E-state index in [2.05, 4.69) is 4.98 Å². The number of piperazine rings is 1. The number of nitro groups is 1.